The smallest absolute Gasteiger partial charge is 0.351 e. The van der Waals surface area contributed by atoms with Crippen molar-refractivity contribution in [2.75, 3.05) is 33.9 Å². The van der Waals surface area contributed by atoms with Crippen molar-refractivity contribution in [3.05, 3.63) is 118 Å². The Kier molecular flexibility index (Phi) is 12.9. The second-order valence-corrected chi connectivity index (χ2v) is 13.7. The molecule has 1 fully saturated rings. The van der Waals surface area contributed by atoms with E-state index >= 15 is 0 Å². The first-order chi connectivity index (χ1) is 25.1. The molecule has 0 amide bonds. The fraction of sp³-hybridized carbons (Fsp3) is 0.405. The van der Waals surface area contributed by atoms with Crippen LogP contribution in [0.2, 0.25) is 0 Å². The molecule has 2 heterocycles. The summed E-state index contributed by atoms with van der Waals surface area (Å²) in [7, 11) is 3.20. The van der Waals surface area contributed by atoms with Crippen molar-refractivity contribution < 1.29 is 24.1 Å². The zero-order valence-corrected chi connectivity index (χ0v) is 31.2. The van der Waals surface area contributed by atoms with Crippen LogP contribution >= 0.6 is 0 Å². The molecule has 1 aliphatic heterocycles. The summed E-state index contributed by atoms with van der Waals surface area (Å²) in [6.07, 6.45) is 1.01. The number of nitrogens with zero attached hydrogens (tertiary/aromatic N) is 4. The van der Waals surface area contributed by atoms with Crippen LogP contribution in [0.5, 0.6) is 11.5 Å². The lowest BCUT2D eigenvalue weighted by atomic mass is 9.79. The highest BCUT2D eigenvalue weighted by molar-refractivity contribution is 5.63. The molecule has 0 saturated carbocycles. The lowest BCUT2D eigenvalue weighted by Crippen LogP contribution is -2.38. The van der Waals surface area contributed by atoms with Crippen LogP contribution in [-0.2, 0) is 15.1 Å². The van der Waals surface area contributed by atoms with Crippen molar-refractivity contribution >= 4 is 12.2 Å². The number of benzene rings is 3. The lowest BCUT2D eigenvalue weighted by molar-refractivity contribution is -0.0948. The SMILES string of the molecule is CC#Cc1cn([C@H]2C[C@H](O)[C@@H](COC(c3ccccc3)(c3ccccc3)c3cccc(OC)c3OC)O2)c(=O)nc1N=CN(CC(C)C)CC(C)C. The van der Waals surface area contributed by atoms with Crippen LogP contribution in [-0.4, -0.2) is 72.0 Å². The summed E-state index contributed by atoms with van der Waals surface area (Å²) in [5, 5.41) is 11.4. The highest BCUT2D eigenvalue weighted by Gasteiger charge is 2.44. The quantitative estimate of drug-likeness (QED) is 0.0641. The molecule has 0 spiro atoms. The maximum Gasteiger partial charge on any atom is 0.351 e. The van der Waals surface area contributed by atoms with Gasteiger partial charge in [0.25, 0.3) is 0 Å². The number of para-hydroxylation sites is 1. The summed E-state index contributed by atoms with van der Waals surface area (Å²) >= 11 is 0. The topological polar surface area (TPSA) is 108 Å². The maximum absolute atomic E-state index is 13.5. The summed E-state index contributed by atoms with van der Waals surface area (Å²) in [6.45, 7) is 12.0. The molecule has 0 bridgehead atoms. The highest BCUT2D eigenvalue weighted by atomic mass is 16.6. The van der Waals surface area contributed by atoms with E-state index in [2.05, 4.69) is 54.4 Å². The molecule has 10 nitrogen and oxygen atoms in total. The molecule has 1 aliphatic rings. The van der Waals surface area contributed by atoms with Gasteiger partial charge in [-0.25, -0.2) is 9.79 Å². The summed E-state index contributed by atoms with van der Waals surface area (Å²) in [4.78, 5) is 24.6. The van der Waals surface area contributed by atoms with Gasteiger partial charge >= 0.3 is 5.69 Å². The normalized spacial score (nSPS) is 17.4. The van der Waals surface area contributed by atoms with Gasteiger partial charge in [-0.2, -0.15) is 4.98 Å². The van der Waals surface area contributed by atoms with Gasteiger partial charge in [0.05, 0.1) is 38.8 Å². The third-order valence-electron chi connectivity index (χ3n) is 8.86. The molecular formula is C42H50N4O6. The van der Waals surface area contributed by atoms with E-state index in [1.165, 1.54) is 4.57 Å². The number of hydrogen-bond donors (Lipinski definition) is 1. The second-order valence-electron chi connectivity index (χ2n) is 13.7. The Morgan fingerprint density at radius 3 is 2.17 bits per heavy atom. The largest absolute Gasteiger partial charge is 0.493 e. The van der Waals surface area contributed by atoms with Gasteiger partial charge < -0.3 is 29.0 Å². The number of aliphatic imine (C=N–C) groups is 1. The Labute approximate surface area is 307 Å². The average molecular weight is 707 g/mol. The Morgan fingerprint density at radius 1 is 0.981 bits per heavy atom. The van der Waals surface area contributed by atoms with E-state index in [4.69, 9.17) is 18.9 Å². The molecule has 52 heavy (non-hydrogen) atoms. The van der Waals surface area contributed by atoms with Crippen LogP contribution in [0.4, 0.5) is 5.82 Å². The molecule has 274 valence electrons. The van der Waals surface area contributed by atoms with Gasteiger partial charge in [-0.05, 0) is 36.0 Å². The first-order valence-corrected chi connectivity index (χ1v) is 17.7. The van der Waals surface area contributed by atoms with Gasteiger partial charge in [0, 0.05) is 31.3 Å². The fourth-order valence-electron chi connectivity index (χ4n) is 6.71. The fourth-order valence-corrected chi connectivity index (χ4v) is 6.71. The Balaban J connectivity index is 1.48. The maximum atomic E-state index is 13.5. The van der Waals surface area contributed by atoms with Crippen molar-refractivity contribution in [2.24, 2.45) is 16.8 Å². The molecule has 5 rings (SSSR count). The van der Waals surface area contributed by atoms with Crippen molar-refractivity contribution in [3.63, 3.8) is 0 Å². The van der Waals surface area contributed by atoms with Crippen LogP contribution in [0.1, 0.15) is 69.5 Å². The number of aromatic nitrogens is 2. The molecule has 0 radical (unpaired) electrons. The molecule has 10 heteroatoms. The number of hydrogen-bond acceptors (Lipinski definition) is 8. The zero-order chi connectivity index (χ0) is 37.3. The van der Waals surface area contributed by atoms with Gasteiger partial charge in [-0.15, -0.1) is 5.92 Å². The number of aliphatic hydroxyl groups excluding tert-OH is 1. The summed E-state index contributed by atoms with van der Waals surface area (Å²) in [5.41, 5.74) is 1.16. The van der Waals surface area contributed by atoms with Crippen LogP contribution in [0, 0.1) is 23.7 Å². The molecule has 3 atom stereocenters. The van der Waals surface area contributed by atoms with Gasteiger partial charge in [0.15, 0.2) is 17.3 Å². The minimum absolute atomic E-state index is 0.0183. The van der Waals surface area contributed by atoms with Crippen LogP contribution in [0.3, 0.4) is 0 Å². The molecule has 0 unspecified atom stereocenters. The van der Waals surface area contributed by atoms with E-state index in [1.54, 1.807) is 33.7 Å². The first-order valence-electron chi connectivity index (χ1n) is 17.7. The molecule has 3 aromatic carbocycles. The van der Waals surface area contributed by atoms with Crippen molar-refractivity contribution in [2.45, 2.75) is 65.1 Å². The molecule has 1 saturated heterocycles. The number of aliphatic hydroxyl groups is 1. The number of ether oxygens (including phenoxy) is 4. The van der Waals surface area contributed by atoms with E-state index in [-0.39, 0.29) is 18.8 Å². The molecule has 1 aromatic heterocycles. The lowest BCUT2D eigenvalue weighted by Gasteiger charge is -2.38. The van der Waals surface area contributed by atoms with Gasteiger partial charge in [-0.1, -0.05) is 106 Å². The highest BCUT2D eigenvalue weighted by Crippen LogP contribution is 2.47. The van der Waals surface area contributed by atoms with Crippen molar-refractivity contribution in [1.82, 2.24) is 14.5 Å². The number of rotatable bonds is 15. The standard InChI is InChI=1S/C42H50N4O6/c1-8-16-31-26-46(41(48)44-40(31)43-28-45(24-29(2)3)25-30(4)5)38-23-35(47)37(52-38)27-51-42(32-17-11-9-12-18-32,33-19-13-10-14-20-33)34-21-15-22-36(49-6)39(34)50-7/h9-15,17-22,26,28-30,35,37-38,47H,23-25,27H2,1-7H3/t35-,37+,38+/m0/s1. The van der Waals surface area contributed by atoms with Gasteiger partial charge in [-0.3, -0.25) is 4.57 Å². The van der Waals surface area contributed by atoms with E-state index < -0.39 is 29.7 Å². The zero-order valence-electron chi connectivity index (χ0n) is 31.2. The summed E-state index contributed by atoms with van der Waals surface area (Å²) < 4.78 is 26.5. The van der Waals surface area contributed by atoms with E-state index in [0.717, 1.165) is 29.8 Å². The van der Waals surface area contributed by atoms with E-state index in [0.29, 0.717) is 28.9 Å². The Morgan fingerprint density at radius 2 is 1.62 bits per heavy atom. The van der Waals surface area contributed by atoms with Crippen LogP contribution in [0.15, 0.2) is 94.8 Å². The third kappa shape index (κ3) is 8.56. The Bertz CT molecular complexity index is 1870. The predicted molar refractivity (Wildman–Crippen MR) is 203 cm³/mol. The monoisotopic (exact) mass is 706 g/mol. The Hall–Kier alpha value is -4.95. The molecule has 4 aromatic rings. The minimum Gasteiger partial charge on any atom is -0.493 e. The van der Waals surface area contributed by atoms with Crippen LogP contribution < -0.4 is 15.2 Å². The predicted octanol–water partition coefficient (Wildman–Crippen LogP) is 6.56. The molecule has 1 N–H and O–H groups in total. The molecule has 0 aliphatic carbocycles. The average Bonchev–Trinajstić information content (AvgIpc) is 3.51. The van der Waals surface area contributed by atoms with Gasteiger partial charge in [0.2, 0.25) is 0 Å². The van der Waals surface area contributed by atoms with E-state index in [1.807, 2.05) is 78.9 Å². The first kappa shape index (κ1) is 38.3. The van der Waals surface area contributed by atoms with Crippen molar-refractivity contribution in [1.29, 1.82) is 0 Å². The second kappa shape index (κ2) is 17.5. The summed E-state index contributed by atoms with van der Waals surface area (Å²) in [5.74, 6) is 8.14. The van der Waals surface area contributed by atoms with E-state index in [9.17, 15) is 9.90 Å². The summed E-state index contributed by atoms with van der Waals surface area (Å²) in [6, 6.07) is 25.4. The molecular weight excluding hydrogens is 656 g/mol. The number of methoxy groups -OCH3 is 2. The van der Waals surface area contributed by atoms with Crippen molar-refractivity contribution in [3.8, 4) is 23.3 Å². The minimum atomic E-state index is -1.19. The van der Waals surface area contributed by atoms with Crippen LogP contribution in [0.25, 0.3) is 0 Å². The third-order valence-corrected chi connectivity index (χ3v) is 8.86. The van der Waals surface area contributed by atoms with Gasteiger partial charge in [0.1, 0.15) is 17.9 Å².